The van der Waals surface area contributed by atoms with E-state index in [0.29, 0.717) is 24.2 Å². The van der Waals surface area contributed by atoms with Gasteiger partial charge in [-0.25, -0.2) is 14.0 Å². The molecule has 1 aromatic carbocycles. The second kappa shape index (κ2) is 15.8. The lowest BCUT2D eigenvalue weighted by atomic mass is 9.76. The highest BCUT2D eigenvalue weighted by Gasteiger charge is 2.50. The van der Waals surface area contributed by atoms with Crippen molar-refractivity contribution < 1.29 is 27.5 Å². The summed E-state index contributed by atoms with van der Waals surface area (Å²) in [5.74, 6) is -1.28. The molecule has 0 saturated carbocycles. The van der Waals surface area contributed by atoms with Gasteiger partial charge in [-0.2, -0.15) is 5.10 Å². The topological polar surface area (TPSA) is 143 Å². The van der Waals surface area contributed by atoms with Crippen LogP contribution in [0.3, 0.4) is 0 Å². The van der Waals surface area contributed by atoms with Crippen LogP contribution in [0.5, 0.6) is 11.6 Å². The van der Waals surface area contributed by atoms with Crippen LogP contribution in [0.25, 0.3) is 11.2 Å². The highest BCUT2D eigenvalue weighted by atomic mass is 19.1. The van der Waals surface area contributed by atoms with Crippen LogP contribution in [0.1, 0.15) is 70.7 Å². The zero-order valence-corrected chi connectivity index (χ0v) is 29.4. The molecular weight excluding hydrogens is 635 g/mol. The summed E-state index contributed by atoms with van der Waals surface area (Å²) in [5, 5.41) is 11.8. The number of amides is 1. The second-order valence-electron chi connectivity index (χ2n) is 13.8. The number of hydrogen-bond acceptors (Lipinski definition) is 12. The Morgan fingerprint density at radius 2 is 1.82 bits per heavy atom. The van der Waals surface area contributed by atoms with Crippen LogP contribution in [0.2, 0.25) is 0 Å². The molecule has 1 atom stereocenters. The highest BCUT2D eigenvalue weighted by Crippen LogP contribution is 2.45. The minimum atomic E-state index is -1.37. The van der Waals surface area contributed by atoms with E-state index in [1.165, 1.54) is 4.90 Å². The molecule has 2 fully saturated rings. The summed E-state index contributed by atoms with van der Waals surface area (Å²) in [6, 6.07) is 3.00. The largest absolute Gasteiger partial charge is 0.431 e. The van der Waals surface area contributed by atoms with Crippen molar-refractivity contribution in [2.24, 2.45) is 11.3 Å². The third-order valence-electron chi connectivity index (χ3n) is 9.67. The zero-order chi connectivity index (χ0) is 35.3. The first kappa shape index (κ1) is 36.4. The summed E-state index contributed by atoms with van der Waals surface area (Å²) in [7, 11) is 1.73. The van der Waals surface area contributed by atoms with E-state index in [2.05, 4.69) is 39.2 Å². The Kier molecular flexibility index (Phi) is 11.7. The number of rotatable bonds is 16. The molecule has 3 aromatic rings. The normalized spacial score (nSPS) is 16.6. The zero-order valence-electron chi connectivity index (χ0n) is 29.4. The third-order valence-corrected chi connectivity index (χ3v) is 9.67. The number of nitrogens with one attached hydrogen (secondary N) is 1. The number of hydrogen-bond donors (Lipinski definition) is 1. The standard InChI is InChI=1S/C35H49FN6O7/c1-7-42(23(4)5)32(43)24-18-25(36)29-30(49-34(45)33(44)48-29)28(24)47-31-27(11-15-38-39-31)40-16-12-35(19-40)20-41(21-35)26(22(2)3)10-8-13-37-14-9-17-46-6/h11,15,18,22-23,26,37H,7-10,12-14,16-17,19-21H2,1-6H3. The monoisotopic (exact) mass is 684 g/mol. The minimum Gasteiger partial charge on any atom is -0.431 e. The Labute approximate surface area is 285 Å². The van der Waals surface area contributed by atoms with E-state index in [-0.39, 0.29) is 28.6 Å². The van der Waals surface area contributed by atoms with Crippen molar-refractivity contribution in [1.29, 1.82) is 0 Å². The van der Waals surface area contributed by atoms with E-state index in [1.807, 2.05) is 13.8 Å². The Balaban J connectivity index is 1.35. The fourth-order valence-corrected chi connectivity index (χ4v) is 7.22. The summed E-state index contributed by atoms with van der Waals surface area (Å²) < 4.78 is 36.8. The first-order chi connectivity index (χ1) is 23.5. The average Bonchev–Trinajstić information content (AvgIpc) is 3.50. The molecule has 1 N–H and O–H groups in total. The Bertz CT molecular complexity index is 1720. The van der Waals surface area contributed by atoms with E-state index in [9.17, 15) is 14.4 Å². The molecule has 0 radical (unpaired) electrons. The fourth-order valence-electron chi connectivity index (χ4n) is 7.22. The number of aromatic nitrogens is 2. The first-order valence-corrected chi connectivity index (χ1v) is 17.3. The van der Waals surface area contributed by atoms with Crippen LogP contribution in [0.15, 0.2) is 36.8 Å². The molecule has 2 aliphatic heterocycles. The number of likely N-dealkylation sites (tertiary alicyclic amines) is 1. The first-order valence-electron chi connectivity index (χ1n) is 17.3. The molecule has 268 valence electrons. The lowest BCUT2D eigenvalue weighted by Gasteiger charge is -2.53. The Hall–Kier alpha value is -3.88. The van der Waals surface area contributed by atoms with E-state index < -0.39 is 34.1 Å². The summed E-state index contributed by atoms with van der Waals surface area (Å²) >= 11 is 0. The lowest BCUT2D eigenvalue weighted by molar-refractivity contribution is -0.0338. The van der Waals surface area contributed by atoms with Crippen LogP contribution in [0, 0.1) is 17.2 Å². The predicted molar refractivity (Wildman–Crippen MR) is 183 cm³/mol. The molecule has 14 heteroatoms. The van der Waals surface area contributed by atoms with Crippen molar-refractivity contribution in [2.45, 2.75) is 72.4 Å². The molecule has 1 unspecified atom stereocenters. The second-order valence-corrected chi connectivity index (χ2v) is 13.8. The van der Waals surface area contributed by atoms with Crippen molar-refractivity contribution in [3.8, 4) is 11.6 Å². The van der Waals surface area contributed by atoms with E-state index in [1.54, 1.807) is 26.3 Å². The molecule has 0 aliphatic carbocycles. The van der Waals surface area contributed by atoms with Gasteiger partial charge in [0, 0.05) is 63.9 Å². The van der Waals surface area contributed by atoms with Crippen molar-refractivity contribution >= 4 is 22.8 Å². The summed E-state index contributed by atoms with van der Waals surface area (Å²) in [5.41, 5.74) is -3.31. The number of carbonyl (C=O) groups excluding carboxylic acids is 1. The number of nitrogens with zero attached hydrogens (tertiary/aromatic N) is 5. The van der Waals surface area contributed by atoms with Gasteiger partial charge in [0.2, 0.25) is 11.2 Å². The molecule has 2 aliphatic rings. The number of methoxy groups -OCH3 is 1. The third kappa shape index (κ3) is 7.97. The van der Waals surface area contributed by atoms with Crippen LogP contribution < -0.4 is 26.2 Å². The van der Waals surface area contributed by atoms with Crippen molar-refractivity contribution in [2.75, 3.05) is 64.4 Å². The van der Waals surface area contributed by atoms with Gasteiger partial charge in [0.15, 0.2) is 11.6 Å². The Morgan fingerprint density at radius 3 is 2.49 bits per heavy atom. The molecule has 1 spiro atoms. The smallest absolute Gasteiger partial charge is 0.423 e. The summed E-state index contributed by atoms with van der Waals surface area (Å²) in [6.45, 7) is 16.6. The summed E-state index contributed by atoms with van der Waals surface area (Å²) in [4.78, 5) is 44.2. The van der Waals surface area contributed by atoms with E-state index in [4.69, 9.17) is 18.3 Å². The Morgan fingerprint density at radius 1 is 1.10 bits per heavy atom. The van der Waals surface area contributed by atoms with Gasteiger partial charge in [-0.3, -0.25) is 9.69 Å². The van der Waals surface area contributed by atoms with Gasteiger partial charge in [0.1, 0.15) is 5.69 Å². The van der Waals surface area contributed by atoms with Crippen LogP contribution in [-0.4, -0.2) is 97.5 Å². The maximum absolute atomic E-state index is 15.3. The van der Waals surface area contributed by atoms with Gasteiger partial charge in [-0.1, -0.05) is 13.8 Å². The number of ether oxygens (including phenoxy) is 2. The van der Waals surface area contributed by atoms with Gasteiger partial charge in [0.05, 0.1) is 11.8 Å². The van der Waals surface area contributed by atoms with Gasteiger partial charge in [-0.15, -0.1) is 5.10 Å². The minimum absolute atomic E-state index is 0.0530. The van der Waals surface area contributed by atoms with Gasteiger partial charge in [-0.05, 0) is 77.6 Å². The average molecular weight is 685 g/mol. The van der Waals surface area contributed by atoms with Crippen molar-refractivity contribution in [3.63, 3.8) is 0 Å². The van der Waals surface area contributed by atoms with Gasteiger partial charge >= 0.3 is 11.3 Å². The molecule has 49 heavy (non-hydrogen) atoms. The van der Waals surface area contributed by atoms with Crippen molar-refractivity contribution in [1.82, 2.24) is 25.3 Å². The highest BCUT2D eigenvalue weighted by molar-refractivity contribution is 6.01. The van der Waals surface area contributed by atoms with Crippen LogP contribution in [0.4, 0.5) is 10.1 Å². The summed E-state index contributed by atoms with van der Waals surface area (Å²) in [6.07, 6.45) is 5.81. The molecule has 13 nitrogen and oxygen atoms in total. The lowest BCUT2D eigenvalue weighted by Crippen LogP contribution is -2.62. The van der Waals surface area contributed by atoms with E-state index in [0.717, 1.165) is 77.6 Å². The number of anilines is 1. The SMILES string of the molecule is CCN(C(=O)c1cc(F)c2oc(=O)c(=O)oc2c1Oc1nnccc1N1CCC2(C1)CN(C(CCCNCCCOC)C(C)C)C2)C(C)C. The van der Waals surface area contributed by atoms with Crippen LogP contribution in [-0.2, 0) is 4.74 Å². The molecule has 2 aromatic heterocycles. The number of carbonyl (C=O) groups is 1. The molecular formula is C35H49FN6O7. The molecule has 0 bridgehead atoms. The van der Waals surface area contributed by atoms with Crippen LogP contribution >= 0.6 is 0 Å². The molecule has 5 rings (SSSR count). The molecule has 4 heterocycles. The van der Waals surface area contributed by atoms with Gasteiger partial charge in [0.25, 0.3) is 11.8 Å². The molecule has 2 saturated heterocycles. The van der Waals surface area contributed by atoms with E-state index >= 15 is 4.39 Å². The fraction of sp³-hybridized carbons (Fsp3) is 0.629. The quantitative estimate of drug-likeness (QED) is 0.170. The van der Waals surface area contributed by atoms with Crippen molar-refractivity contribution in [3.05, 3.63) is 50.6 Å². The number of benzene rings is 1. The number of fused-ring (bicyclic) bond motifs is 1. The number of halogens is 1. The molecule has 1 amide bonds. The van der Waals surface area contributed by atoms with Gasteiger partial charge < -0.3 is 33.4 Å². The maximum atomic E-state index is 15.3. The maximum Gasteiger partial charge on any atom is 0.423 e. The predicted octanol–water partition coefficient (Wildman–Crippen LogP) is 4.28.